The van der Waals surface area contributed by atoms with Gasteiger partial charge in [-0.3, -0.25) is 19.2 Å². The average molecular weight is 250 g/mol. The van der Waals surface area contributed by atoms with Crippen molar-refractivity contribution in [3.8, 4) is 0 Å². The molecule has 0 radical (unpaired) electrons. The number of hydrogen-bond acceptors (Lipinski definition) is 5. The zero-order valence-electron chi connectivity index (χ0n) is 9.29. The van der Waals surface area contributed by atoms with Crippen molar-refractivity contribution in [2.75, 3.05) is 19.8 Å². The molecule has 0 aromatic carbocycles. The second-order valence-corrected chi connectivity index (χ2v) is 6.42. The van der Waals surface area contributed by atoms with Gasteiger partial charge in [0, 0.05) is 24.4 Å². The summed E-state index contributed by atoms with van der Waals surface area (Å²) in [6.45, 7) is 3.77. The minimum atomic E-state index is -3.24. The van der Waals surface area contributed by atoms with Gasteiger partial charge in [0.2, 0.25) is 0 Å². The van der Waals surface area contributed by atoms with E-state index in [9.17, 15) is 14.7 Å². The summed E-state index contributed by atoms with van der Waals surface area (Å²) in [6.07, 6.45) is 0.878. The SMILES string of the molecule is CC[C@@H]1CN1P1(=O)OCC(C)([N+](=O)[O-])CO1. The fourth-order valence-corrected chi connectivity index (χ4v) is 3.79. The van der Waals surface area contributed by atoms with Crippen LogP contribution in [-0.4, -0.2) is 40.9 Å². The Hall–Kier alpha value is -0.490. The van der Waals surface area contributed by atoms with E-state index in [1.165, 1.54) is 6.92 Å². The third-order valence-corrected chi connectivity index (χ3v) is 5.02. The fourth-order valence-electron chi connectivity index (χ4n) is 1.58. The van der Waals surface area contributed by atoms with E-state index in [2.05, 4.69) is 0 Å². The second kappa shape index (κ2) is 3.77. The Kier molecular flexibility index (Phi) is 2.82. The zero-order chi connectivity index (χ0) is 12.0. The van der Waals surface area contributed by atoms with E-state index in [0.717, 1.165) is 6.42 Å². The monoisotopic (exact) mass is 250 g/mol. The lowest BCUT2D eigenvalue weighted by Crippen LogP contribution is -2.47. The van der Waals surface area contributed by atoms with Crippen LogP contribution < -0.4 is 0 Å². The summed E-state index contributed by atoms with van der Waals surface area (Å²) < 4.78 is 24.0. The van der Waals surface area contributed by atoms with Crippen molar-refractivity contribution in [1.29, 1.82) is 0 Å². The van der Waals surface area contributed by atoms with Crippen molar-refractivity contribution in [3.63, 3.8) is 0 Å². The topological polar surface area (TPSA) is 81.7 Å². The first-order chi connectivity index (χ1) is 7.41. The first kappa shape index (κ1) is 12.0. The van der Waals surface area contributed by atoms with Crippen LogP contribution in [0.4, 0.5) is 0 Å². The third kappa shape index (κ3) is 1.88. The molecule has 8 heteroatoms. The summed E-state index contributed by atoms with van der Waals surface area (Å²) in [5.74, 6) is 0. The molecule has 0 amide bonds. The molecule has 7 nitrogen and oxygen atoms in total. The molecule has 0 bridgehead atoms. The van der Waals surface area contributed by atoms with Gasteiger partial charge in [-0.25, -0.2) is 9.24 Å². The maximum absolute atomic E-state index is 12.1. The van der Waals surface area contributed by atoms with Crippen LogP contribution in [0.1, 0.15) is 20.3 Å². The zero-order valence-corrected chi connectivity index (χ0v) is 10.2. The van der Waals surface area contributed by atoms with Crippen molar-refractivity contribution in [1.82, 2.24) is 4.67 Å². The maximum Gasteiger partial charge on any atom is 0.409 e. The molecule has 0 spiro atoms. The minimum Gasteiger partial charge on any atom is -0.289 e. The van der Waals surface area contributed by atoms with Gasteiger partial charge in [-0.2, -0.15) is 0 Å². The van der Waals surface area contributed by atoms with Crippen LogP contribution >= 0.6 is 7.75 Å². The van der Waals surface area contributed by atoms with Gasteiger partial charge in [-0.1, -0.05) is 6.92 Å². The molecule has 0 N–H and O–H groups in total. The normalized spacial score (nSPS) is 47.6. The molecule has 0 aliphatic carbocycles. The molecule has 1 unspecified atom stereocenters. The van der Waals surface area contributed by atoms with E-state index in [1.807, 2.05) is 6.92 Å². The van der Waals surface area contributed by atoms with Crippen LogP contribution in [0.25, 0.3) is 0 Å². The number of nitro groups is 1. The lowest BCUT2D eigenvalue weighted by atomic mass is 10.1. The Balaban J connectivity index is 2.00. The molecule has 2 aliphatic heterocycles. The van der Waals surface area contributed by atoms with Gasteiger partial charge >= 0.3 is 7.75 Å². The minimum absolute atomic E-state index is 0.162. The smallest absolute Gasteiger partial charge is 0.289 e. The molecule has 2 saturated heterocycles. The van der Waals surface area contributed by atoms with Crippen LogP contribution in [0, 0.1) is 10.1 Å². The van der Waals surface area contributed by atoms with Crippen molar-refractivity contribution < 1.29 is 18.5 Å². The Bertz CT molecular complexity index is 348. The molecule has 0 aromatic rings. The summed E-state index contributed by atoms with van der Waals surface area (Å²) in [5, 5.41) is 10.7. The summed E-state index contributed by atoms with van der Waals surface area (Å²) in [5.41, 5.74) is -1.29. The summed E-state index contributed by atoms with van der Waals surface area (Å²) in [6, 6.07) is 0.228. The van der Waals surface area contributed by atoms with Crippen LogP contribution in [0.15, 0.2) is 0 Å². The van der Waals surface area contributed by atoms with Gasteiger partial charge in [-0.15, -0.1) is 0 Å². The van der Waals surface area contributed by atoms with Gasteiger partial charge in [0.1, 0.15) is 13.2 Å². The van der Waals surface area contributed by atoms with Gasteiger partial charge in [0.15, 0.2) is 0 Å². The van der Waals surface area contributed by atoms with E-state index >= 15 is 0 Å². The van der Waals surface area contributed by atoms with E-state index < -0.39 is 18.2 Å². The molecule has 0 aromatic heterocycles. The fraction of sp³-hybridized carbons (Fsp3) is 1.00. The van der Waals surface area contributed by atoms with Crippen LogP contribution in [0.3, 0.4) is 0 Å². The van der Waals surface area contributed by atoms with Gasteiger partial charge in [0.25, 0.3) is 5.54 Å². The lowest BCUT2D eigenvalue weighted by Gasteiger charge is -2.31. The Morgan fingerprint density at radius 2 is 2.12 bits per heavy atom. The highest BCUT2D eigenvalue weighted by Crippen LogP contribution is 2.61. The first-order valence-electron chi connectivity index (χ1n) is 5.22. The predicted molar refractivity (Wildman–Crippen MR) is 55.7 cm³/mol. The molecule has 2 fully saturated rings. The van der Waals surface area contributed by atoms with E-state index in [1.54, 1.807) is 4.67 Å². The van der Waals surface area contributed by atoms with Crippen molar-refractivity contribution in [3.05, 3.63) is 10.1 Å². The van der Waals surface area contributed by atoms with E-state index in [4.69, 9.17) is 9.05 Å². The standard InChI is InChI=1S/C8H15N2O5P/c1-3-7-4-9(7)16(13)14-5-8(2,6-15-16)10(11)12/h7H,3-6H2,1-2H3/t7-,8?,9?,16?/m1/s1. The van der Waals surface area contributed by atoms with Gasteiger partial charge < -0.3 is 0 Å². The van der Waals surface area contributed by atoms with E-state index in [0.29, 0.717) is 6.54 Å². The molecule has 2 atom stereocenters. The van der Waals surface area contributed by atoms with Gasteiger partial charge in [-0.05, 0) is 6.42 Å². The van der Waals surface area contributed by atoms with Crippen LogP contribution in [0.2, 0.25) is 0 Å². The molecular formula is C8H15N2O5P. The average Bonchev–Trinajstić information content (AvgIpc) is 3.02. The maximum atomic E-state index is 12.1. The largest absolute Gasteiger partial charge is 0.409 e. The van der Waals surface area contributed by atoms with Crippen molar-refractivity contribution >= 4 is 7.75 Å². The second-order valence-electron chi connectivity index (χ2n) is 4.45. The molecular weight excluding hydrogens is 235 g/mol. The van der Waals surface area contributed by atoms with Gasteiger partial charge in [0.05, 0.1) is 0 Å². The highest BCUT2D eigenvalue weighted by molar-refractivity contribution is 7.51. The van der Waals surface area contributed by atoms with Crippen LogP contribution in [-0.2, 0) is 13.6 Å². The number of rotatable bonds is 3. The summed E-state index contributed by atoms with van der Waals surface area (Å²) in [7, 11) is -3.24. The molecule has 2 heterocycles. The highest BCUT2D eigenvalue weighted by atomic mass is 31.2. The lowest BCUT2D eigenvalue weighted by molar-refractivity contribution is -0.573. The summed E-state index contributed by atoms with van der Waals surface area (Å²) in [4.78, 5) is 10.3. The third-order valence-electron chi connectivity index (χ3n) is 2.99. The molecule has 2 aliphatic rings. The Morgan fingerprint density at radius 1 is 1.56 bits per heavy atom. The molecule has 2 rings (SSSR count). The number of hydrogen-bond donors (Lipinski definition) is 0. The Labute approximate surface area is 93.4 Å². The Morgan fingerprint density at radius 3 is 2.50 bits per heavy atom. The molecule has 92 valence electrons. The first-order valence-corrected chi connectivity index (χ1v) is 6.71. The predicted octanol–water partition coefficient (Wildman–Crippen LogP) is 1.27. The van der Waals surface area contributed by atoms with Crippen LogP contribution in [0.5, 0.6) is 0 Å². The quantitative estimate of drug-likeness (QED) is 0.324. The summed E-state index contributed by atoms with van der Waals surface area (Å²) >= 11 is 0. The highest BCUT2D eigenvalue weighted by Gasteiger charge is 2.56. The number of nitrogens with zero attached hydrogens (tertiary/aromatic N) is 2. The van der Waals surface area contributed by atoms with Crippen molar-refractivity contribution in [2.24, 2.45) is 0 Å². The van der Waals surface area contributed by atoms with E-state index in [-0.39, 0.29) is 19.3 Å². The molecule has 0 saturated carbocycles. The van der Waals surface area contributed by atoms with Crippen molar-refractivity contribution in [2.45, 2.75) is 31.8 Å². The molecule has 16 heavy (non-hydrogen) atoms.